The lowest BCUT2D eigenvalue weighted by molar-refractivity contribution is 0.102. The van der Waals surface area contributed by atoms with E-state index in [1.807, 2.05) is 6.07 Å². The molecule has 1 aliphatic heterocycles. The van der Waals surface area contributed by atoms with Gasteiger partial charge in [0, 0.05) is 18.0 Å². The van der Waals surface area contributed by atoms with Gasteiger partial charge >= 0.3 is 0 Å². The SMILES string of the molecule is O=C(Nc1ccnc(-c2ccc3c(c2)OCO3)n1)c1ccncn1. The summed E-state index contributed by atoms with van der Waals surface area (Å²) in [5, 5.41) is 2.68. The highest BCUT2D eigenvalue weighted by Gasteiger charge is 2.15. The lowest BCUT2D eigenvalue weighted by Gasteiger charge is -2.06. The van der Waals surface area contributed by atoms with Crippen LogP contribution in [0, 0.1) is 0 Å². The topological polar surface area (TPSA) is 99.1 Å². The summed E-state index contributed by atoms with van der Waals surface area (Å²) in [7, 11) is 0. The average Bonchev–Trinajstić information content (AvgIpc) is 3.10. The zero-order valence-electron chi connectivity index (χ0n) is 12.3. The molecule has 0 bridgehead atoms. The number of benzene rings is 1. The zero-order chi connectivity index (χ0) is 16.4. The van der Waals surface area contributed by atoms with Gasteiger partial charge in [-0.15, -0.1) is 0 Å². The fraction of sp³-hybridized carbons (Fsp3) is 0.0625. The second-order valence-electron chi connectivity index (χ2n) is 4.88. The molecule has 118 valence electrons. The predicted molar refractivity (Wildman–Crippen MR) is 83.6 cm³/mol. The summed E-state index contributed by atoms with van der Waals surface area (Å²) in [6, 6.07) is 8.56. The van der Waals surface area contributed by atoms with Crippen molar-refractivity contribution in [2.45, 2.75) is 0 Å². The summed E-state index contributed by atoms with van der Waals surface area (Å²) in [6.45, 7) is 0.203. The van der Waals surface area contributed by atoms with Gasteiger partial charge < -0.3 is 14.8 Å². The maximum Gasteiger partial charge on any atom is 0.275 e. The van der Waals surface area contributed by atoms with Crippen molar-refractivity contribution in [1.82, 2.24) is 19.9 Å². The number of carbonyl (C=O) groups is 1. The second kappa shape index (κ2) is 5.92. The summed E-state index contributed by atoms with van der Waals surface area (Å²) in [4.78, 5) is 28.4. The first-order chi connectivity index (χ1) is 11.8. The Morgan fingerprint density at radius 2 is 1.96 bits per heavy atom. The summed E-state index contributed by atoms with van der Waals surface area (Å²) in [5.74, 6) is 1.81. The first-order valence-electron chi connectivity index (χ1n) is 7.10. The maximum absolute atomic E-state index is 12.1. The fourth-order valence-electron chi connectivity index (χ4n) is 2.21. The molecule has 4 rings (SSSR count). The Morgan fingerprint density at radius 1 is 1.04 bits per heavy atom. The van der Waals surface area contributed by atoms with E-state index in [4.69, 9.17) is 9.47 Å². The average molecular weight is 321 g/mol. The molecule has 0 aliphatic carbocycles. The summed E-state index contributed by atoms with van der Waals surface area (Å²) in [6.07, 6.45) is 4.38. The van der Waals surface area contributed by atoms with Crippen LogP contribution in [-0.2, 0) is 0 Å². The number of rotatable bonds is 3. The third-order valence-corrected chi connectivity index (χ3v) is 3.34. The van der Waals surface area contributed by atoms with Crippen LogP contribution in [0.5, 0.6) is 11.5 Å². The molecular weight excluding hydrogens is 310 g/mol. The number of hydrogen-bond acceptors (Lipinski definition) is 7. The minimum atomic E-state index is -0.368. The molecule has 0 spiro atoms. The molecule has 3 aromatic rings. The Balaban J connectivity index is 1.59. The first-order valence-corrected chi connectivity index (χ1v) is 7.10. The Bertz CT molecular complexity index is 901. The number of nitrogens with zero attached hydrogens (tertiary/aromatic N) is 4. The van der Waals surface area contributed by atoms with E-state index in [1.165, 1.54) is 18.6 Å². The minimum absolute atomic E-state index is 0.203. The Labute approximate surface area is 136 Å². The molecule has 1 aliphatic rings. The van der Waals surface area contributed by atoms with Crippen molar-refractivity contribution >= 4 is 11.7 Å². The van der Waals surface area contributed by atoms with E-state index in [2.05, 4.69) is 25.3 Å². The van der Waals surface area contributed by atoms with Crippen molar-refractivity contribution in [2.24, 2.45) is 0 Å². The maximum atomic E-state index is 12.1. The number of fused-ring (bicyclic) bond motifs is 1. The van der Waals surface area contributed by atoms with Crippen molar-refractivity contribution in [2.75, 3.05) is 12.1 Å². The Morgan fingerprint density at radius 3 is 2.83 bits per heavy atom. The van der Waals surface area contributed by atoms with Gasteiger partial charge in [-0.3, -0.25) is 4.79 Å². The quantitative estimate of drug-likeness (QED) is 0.786. The van der Waals surface area contributed by atoms with Gasteiger partial charge in [-0.1, -0.05) is 0 Å². The van der Waals surface area contributed by atoms with E-state index in [0.717, 1.165) is 5.56 Å². The number of amides is 1. The molecule has 2 aromatic heterocycles. The molecular formula is C16H11N5O3. The van der Waals surface area contributed by atoms with Crippen LogP contribution in [0.25, 0.3) is 11.4 Å². The highest BCUT2D eigenvalue weighted by Crippen LogP contribution is 2.35. The third kappa shape index (κ3) is 2.72. The zero-order valence-corrected chi connectivity index (χ0v) is 12.3. The van der Waals surface area contributed by atoms with Crippen LogP contribution in [0.4, 0.5) is 5.82 Å². The van der Waals surface area contributed by atoms with Gasteiger partial charge in [-0.05, 0) is 30.3 Å². The Kier molecular flexibility index (Phi) is 3.47. The largest absolute Gasteiger partial charge is 0.454 e. The van der Waals surface area contributed by atoms with Crippen LogP contribution in [-0.4, -0.2) is 32.6 Å². The summed E-state index contributed by atoms with van der Waals surface area (Å²) in [5.41, 5.74) is 1.02. The van der Waals surface area contributed by atoms with Gasteiger partial charge in [0.2, 0.25) is 6.79 Å². The van der Waals surface area contributed by atoms with Gasteiger partial charge in [0.25, 0.3) is 5.91 Å². The molecule has 0 fully saturated rings. The van der Waals surface area contributed by atoms with E-state index in [1.54, 1.807) is 24.4 Å². The Hall–Kier alpha value is -3.55. The molecule has 0 saturated carbocycles. The van der Waals surface area contributed by atoms with E-state index in [0.29, 0.717) is 23.1 Å². The van der Waals surface area contributed by atoms with Crippen LogP contribution >= 0.6 is 0 Å². The number of hydrogen-bond donors (Lipinski definition) is 1. The minimum Gasteiger partial charge on any atom is -0.454 e. The van der Waals surface area contributed by atoms with E-state index in [9.17, 15) is 4.79 Å². The number of ether oxygens (including phenoxy) is 2. The number of aromatic nitrogens is 4. The van der Waals surface area contributed by atoms with Gasteiger partial charge in [0.05, 0.1) is 0 Å². The molecule has 1 amide bonds. The monoisotopic (exact) mass is 321 g/mol. The van der Waals surface area contributed by atoms with Gasteiger partial charge in [0.1, 0.15) is 17.8 Å². The number of anilines is 1. The molecule has 0 unspecified atom stereocenters. The van der Waals surface area contributed by atoms with Gasteiger partial charge in [-0.25, -0.2) is 19.9 Å². The normalized spacial score (nSPS) is 12.0. The van der Waals surface area contributed by atoms with Crippen LogP contribution in [0.3, 0.4) is 0 Å². The molecule has 0 saturated heterocycles. The number of nitrogens with one attached hydrogen (secondary N) is 1. The van der Waals surface area contributed by atoms with E-state index >= 15 is 0 Å². The van der Waals surface area contributed by atoms with Gasteiger partial charge in [-0.2, -0.15) is 0 Å². The predicted octanol–water partition coefficient (Wildman–Crippen LogP) is 1.91. The molecule has 3 heterocycles. The smallest absolute Gasteiger partial charge is 0.275 e. The van der Waals surface area contributed by atoms with Crippen LogP contribution in [0.1, 0.15) is 10.5 Å². The van der Waals surface area contributed by atoms with Crippen molar-refractivity contribution in [3.05, 3.63) is 54.7 Å². The lowest BCUT2D eigenvalue weighted by atomic mass is 10.2. The standard InChI is InChI=1S/C16H11N5O3/c22-16(11-3-5-17-8-19-11)21-14-4-6-18-15(20-14)10-1-2-12-13(7-10)24-9-23-12/h1-8H,9H2,(H,18,20,21,22). The molecule has 0 radical (unpaired) electrons. The highest BCUT2D eigenvalue weighted by molar-refractivity contribution is 6.02. The van der Waals surface area contributed by atoms with E-state index in [-0.39, 0.29) is 18.4 Å². The van der Waals surface area contributed by atoms with Crippen molar-refractivity contribution in [3.8, 4) is 22.9 Å². The van der Waals surface area contributed by atoms with Crippen LogP contribution in [0.2, 0.25) is 0 Å². The summed E-state index contributed by atoms with van der Waals surface area (Å²) >= 11 is 0. The molecule has 8 heteroatoms. The van der Waals surface area contributed by atoms with Crippen LogP contribution in [0.15, 0.2) is 49.1 Å². The molecule has 0 atom stereocenters. The molecule has 1 aromatic carbocycles. The van der Waals surface area contributed by atoms with Crippen molar-refractivity contribution in [1.29, 1.82) is 0 Å². The summed E-state index contributed by atoms with van der Waals surface area (Å²) < 4.78 is 10.6. The second-order valence-corrected chi connectivity index (χ2v) is 4.88. The molecule has 1 N–H and O–H groups in total. The van der Waals surface area contributed by atoms with Crippen LogP contribution < -0.4 is 14.8 Å². The first kappa shape index (κ1) is 14.1. The molecule has 8 nitrogen and oxygen atoms in total. The van der Waals surface area contributed by atoms with E-state index < -0.39 is 0 Å². The van der Waals surface area contributed by atoms with Crippen molar-refractivity contribution in [3.63, 3.8) is 0 Å². The molecule has 24 heavy (non-hydrogen) atoms. The fourth-order valence-corrected chi connectivity index (χ4v) is 2.21. The highest BCUT2D eigenvalue weighted by atomic mass is 16.7. The van der Waals surface area contributed by atoms with Crippen molar-refractivity contribution < 1.29 is 14.3 Å². The third-order valence-electron chi connectivity index (χ3n) is 3.34. The van der Waals surface area contributed by atoms with Gasteiger partial charge in [0.15, 0.2) is 17.3 Å². The number of carbonyl (C=O) groups excluding carboxylic acids is 1. The lowest BCUT2D eigenvalue weighted by Crippen LogP contribution is -2.14.